The molecule has 134 valence electrons. The van der Waals surface area contributed by atoms with Crippen molar-refractivity contribution in [1.29, 1.82) is 0 Å². The van der Waals surface area contributed by atoms with Crippen LogP contribution < -0.4 is 11.3 Å². The monoisotopic (exact) mass is 320 g/mol. The van der Waals surface area contributed by atoms with Crippen LogP contribution in [0.2, 0.25) is 0 Å². The third-order valence-corrected chi connectivity index (χ3v) is 5.18. The summed E-state index contributed by atoms with van der Waals surface area (Å²) in [6.45, 7) is 8.38. The van der Waals surface area contributed by atoms with Crippen molar-refractivity contribution < 1.29 is 0 Å². The Morgan fingerprint density at radius 3 is 2.65 bits per heavy atom. The number of hydrogen-bond donors (Lipinski definition) is 2. The molecule has 0 aromatic rings. The van der Waals surface area contributed by atoms with Gasteiger partial charge in [0.15, 0.2) is 0 Å². The summed E-state index contributed by atoms with van der Waals surface area (Å²) in [4.78, 5) is 0. The van der Waals surface area contributed by atoms with E-state index in [-0.39, 0.29) is 0 Å². The summed E-state index contributed by atoms with van der Waals surface area (Å²) in [6, 6.07) is 0.457. The van der Waals surface area contributed by atoms with Crippen LogP contribution in [0, 0.1) is 11.8 Å². The normalized spacial score (nSPS) is 21.7. The van der Waals surface area contributed by atoms with Crippen LogP contribution in [0.5, 0.6) is 0 Å². The van der Waals surface area contributed by atoms with Gasteiger partial charge in [-0.1, -0.05) is 50.3 Å². The van der Waals surface area contributed by atoms with Gasteiger partial charge < -0.3 is 0 Å². The Labute approximate surface area is 145 Å². The molecule has 2 heteroatoms. The van der Waals surface area contributed by atoms with E-state index >= 15 is 0 Å². The molecular weight excluding hydrogens is 280 g/mol. The van der Waals surface area contributed by atoms with Crippen LogP contribution >= 0.6 is 0 Å². The SMILES string of the molecule is C=C(C)CCCC1CC1CC/C=C\CC(CCCCCC)NN. The van der Waals surface area contributed by atoms with Crippen molar-refractivity contribution in [2.24, 2.45) is 17.7 Å². The van der Waals surface area contributed by atoms with Gasteiger partial charge in [-0.3, -0.25) is 11.3 Å². The van der Waals surface area contributed by atoms with Crippen molar-refractivity contribution in [3.05, 3.63) is 24.3 Å². The van der Waals surface area contributed by atoms with Crippen LogP contribution in [-0.4, -0.2) is 6.04 Å². The van der Waals surface area contributed by atoms with Gasteiger partial charge in [0.25, 0.3) is 0 Å². The van der Waals surface area contributed by atoms with Crippen LogP contribution in [0.4, 0.5) is 0 Å². The molecule has 3 atom stereocenters. The smallest absolute Gasteiger partial charge is 0.0245 e. The first-order valence-corrected chi connectivity index (χ1v) is 9.92. The number of hydrazine groups is 1. The zero-order valence-corrected chi connectivity index (χ0v) is 15.7. The van der Waals surface area contributed by atoms with Crippen LogP contribution in [0.15, 0.2) is 24.3 Å². The minimum atomic E-state index is 0.457. The van der Waals surface area contributed by atoms with Gasteiger partial charge in [-0.2, -0.15) is 0 Å². The molecular formula is C21H40N2. The maximum Gasteiger partial charge on any atom is 0.0245 e. The third-order valence-electron chi connectivity index (χ3n) is 5.18. The first-order valence-electron chi connectivity index (χ1n) is 9.92. The van der Waals surface area contributed by atoms with Gasteiger partial charge in [-0.15, -0.1) is 6.58 Å². The van der Waals surface area contributed by atoms with Crippen molar-refractivity contribution in [3.63, 3.8) is 0 Å². The second kappa shape index (κ2) is 12.8. The molecule has 1 aliphatic carbocycles. The number of nitrogens with two attached hydrogens (primary N) is 1. The minimum absolute atomic E-state index is 0.457. The van der Waals surface area contributed by atoms with E-state index in [4.69, 9.17) is 5.84 Å². The molecule has 3 unspecified atom stereocenters. The fourth-order valence-corrected chi connectivity index (χ4v) is 3.46. The van der Waals surface area contributed by atoms with Crippen molar-refractivity contribution in [2.75, 3.05) is 0 Å². The summed E-state index contributed by atoms with van der Waals surface area (Å²) in [6.07, 6.45) is 20.3. The molecule has 0 saturated heterocycles. The van der Waals surface area contributed by atoms with Crippen LogP contribution in [0.1, 0.15) is 90.9 Å². The van der Waals surface area contributed by atoms with Crippen molar-refractivity contribution in [3.8, 4) is 0 Å². The molecule has 1 aliphatic rings. The molecule has 23 heavy (non-hydrogen) atoms. The van der Waals surface area contributed by atoms with E-state index in [0.29, 0.717) is 6.04 Å². The molecule has 1 fully saturated rings. The first-order chi connectivity index (χ1) is 11.2. The summed E-state index contributed by atoms with van der Waals surface area (Å²) in [5.74, 6) is 7.67. The highest BCUT2D eigenvalue weighted by Crippen LogP contribution is 2.45. The Bertz CT molecular complexity index is 335. The number of nitrogens with one attached hydrogen (secondary N) is 1. The molecule has 1 saturated carbocycles. The van der Waals surface area contributed by atoms with Crippen LogP contribution in [-0.2, 0) is 0 Å². The summed E-state index contributed by atoms with van der Waals surface area (Å²) >= 11 is 0. The van der Waals surface area contributed by atoms with E-state index in [0.717, 1.165) is 18.3 Å². The predicted molar refractivity (Wildman–Crippen MR) is 103 cm³/mol. The lowest BCUT2D eigenvalue weighted by molar-refractivity contribution is 0.468. The Morgan fingerprint density at radius 1 is 1.17 bits per heavy atom. The zero-order valence-electron chi connectivity index (χ0n) is 15.7. The van der Waals surface area contributed by atoms with E-state index in [1.807, 2.05) is 0 Å². The van der Waals surface area contributed by atoms with E-state index in [2.05, 4.69) is 38.0 Å². The molecule has 1 rings (SSSR count). The Morgan fingerprint density at radius 2 is 1.96 bits per heavy atom. The maximum absolute atomic E-state index is 5.66. The highest BCUT2D eigenvalue weighted by atomic mass is 15.2. The number of rotatable bonds is 15. The quantitative estimate of drug-likeness (QED) is 0.171. The standard InChI is InChI=1S/C21H40N2/c1-4-5-6-9-15-21(23-22)16-10-7-8-13-19-17-20(19)14-11-12-18(2)3/h7,10,19-21,23H,2,4-6,8-9,11-17,22H2,1,3H3/b10-7-. The largest absolute Gasteiger partial charge is 0.271 e. The Balaban J connectivity index is 1.98. The van der Waals surface area contributed by atoms with Crippen molar-refractivity contribution in [2.45, 2.75) is 96.9 Å². The second-order valence-electron chi connectivity index (χ2n) is 7.60. The fourth-order valence-electron chi connectivity index (χ4n) is 3.46. The van der Waals surface area contributed by atoms with E-state index in [9.17, 15) is 0 Å². The molecule has 2 nitrogen and oxygen atoms in total. The molecule has 0 aliphatic heterocycles. The summed E-state index contributed by atoms with van der Waals surface area (Å²) in [5, 5.41) is 0. The van der Waals surface area contributed by atoms with Gasteiger partial charge in [0.2, 0.25) is 0 Å². The molecule has 0 heterocycles. The number of allylic oxidation sites excluding steroid dienone is 2. The zero-order chi connectivity index (χ0) is 16.9. The number of unbranched alkanes of at least 4 members (excludes halogenated alkanes) is 3. The van der Waals surface area contributed by atoms with Gasteiger partial charge >= 0.3 is 0 Å². The van der Waals surface area contributed by atoms with Gasteiger partial charge in [-0.25, -0.2) is 0 Å². The second-order valence-corrected chi connectivity index (χ2v) is 7.60. The van der Waals surface area contributed by atoms with E-state index in [1.165, 1.54) is 76.2 Å². The Hall–Kier alpha value is -0.600. The highest BCUT2D eigenvalue weighted by molar-refractivity contribution is 4.93. The van der Waals surface area contributed by atoms with E-state index in [1.54, 1.807) is 0 Å². The van der Waals surface area contributed by atoms with Crippen molar-refractivity contribution in [1.82, 2.24) is 5.43 Å². The van der Waals surface area contributed by atoms with Crippen LogP contribution in [0.25, 0.3) is 0 Å². The van der Waals surface area contributed by atoms with E-state index < -0.39 is 0 Å². The molecule has 0 aromatic heterocycles. The lowest BCUT2D eigenvalue weighted by Gasteiger charge is -2.13. The predicted octanol–water partition coefficient (Wildman–Crippen LogP) is 5.90. The Kier molecular flexibility index (Phi) is 11.4. The van der Waals surface area contributed by atoms with Gasteiger partial charge in [-0.05, 0) is 70.1 Å². The summed E-state index contributed by atoms with van der Waals surface area (Å²) in [5.41, 5.74) is 4.31. The van der Waals surface area contributed by atoms with Gasteiger partial charge in [0.05, 0.1) is 0 Å². The topological polar surface area (TPSA) is 38.0 Å². The lowest BCUT2D eigenvalue weighted by atomic mass is 10.0. The van der Waals surface area contributed by atoms with Gasteiger partial charge in [0, 0.05) is 6.04 Å². The lowest BCUT2D eigenvalue weighted by Crippen LogP contribution is -2.34. The number of hydrogen-bond acceptors (Lipinski definition) is 2. The first kappa shape index (κ1) is 20.4. The summed E-state index contributed by atoms with van der Waals surface area (Å²) < 4.78 is 0. The molecule has 3 N–H and O–H groups in total. The molecule has 0 aromatic carbocycles. The average Bonchev–Trinajstić information content (AvgIpc) is 3.27. The average molecular weight is 321 g/mol. The van der Waals surface area contributed by atoms with Crippen LogP contribution in [0.3, 0.4) is 0 Å². The molecule has 0 radical (unpaired) electrons. The van der Waals surface area contributed by atoms with Gasteiger partial charge in [0.1, 0.15) is 0 Å². The summed E-state index contributed by atoms with van der Waals surface area (Å²) in [7, 11) is 0. The molecule has 0 spiro atoms. The van der Waals surface area contributed by atoms with Crippen molar-refractivity contribution >= 4 is 0 Å². The maximum atomic E-state index is 5.66. The molecule has 0 bridgehead atoms. The third kappa shape index (κ3) is 10.7. The minimum Gasteiger partial charge on any atom is -0.271 e. The fraction of sp³-hybridized carbons (Fsp3) is 0.810. The highest BCUT2D eigenvalue weighted by Gasteiger charge is 2.34. The molecule has 0 amide bonds.